The van der Waals surface area contributed by atoms with Crippen molar-refractivity contribution in [2.24, 2.45) is 0 Å². The lowest BCUT2D eigenvalue weighted by molar-refractivity contribution is -0.144. The molecule has 116 valence electrons. The lowest BCUT2D eigenvalue weighted by atomic mass is 9.98. The molecule has 0 aromatic heterocycles. The van der Waals surface area contributed by atoms with E-state index in [9.17, 15) is 18.0 Å². The van der Waals surface area contributed by atoms with Crippen LogP contribution < -0.4 is 0 Å². The van der Waals surface area contributed by atoms with Crippen LogP contribution in [0.5, 0.6) is 0 Å². The molecule has 21 heavy (non-hydrogen) atoms. The van der Waals surface area contributed by atoms with E-state index in [1.165, 1.54) is 24.1 Å². The quantitative estimate of drug-likeness (QED) is 0.856. The minimum Gasteiger partial charge on any atom is -0.372 e. The summed E-state index contributed by atoms with van der Waals surface area (Å²) in [4.78, 5) is 13.7. The number of alkyl halides is 3. The van der Waals surface area contributed by atoms with Gasteiger partial charge in [-0.1, -0.05) is 18.2 Å². The summed E-state index contributed by atoms with van der Waals surface area (Å²) in [6.07, 6.45) is -3.83. The molecule has 1 fully saturated rings. The molecule has 3 nitrogen and oxygen atoms in total. The average Bonchev–Trinajstić information content (AvgIpc) is 2.94. The minimum absolute atomic E-state index is 0.166. The Hall–Kier alpha value is -1.56. The highest BCUT2D eigenvalue weighted by molar-refractivity contribution is 5.81. The molecule has 1 aromatic carbocycles. The van der Waals surface area contributed by atoms with Crippen LogP contribution in [0.4, 0.5) is 13.2 Å². The van der Waals surface area contributed by atoms with E-state index in [2.05, 4.69) is 0 Å². The average molecular weight is 301 g/mol. The van der Waals surface area contributed by atoms with Crippen LogP contribution in [0.1, 0.15) is 36.9 Å². The highest BCUT2D eigenvalue weighted by Gasteiger charge is 2.39. The van der Waals surface area contributed by atoms with Gasteiger partial charge in [-0.15, -0.1) is 0 Å². The van der Waals surface area contributed by atoms with Crippen LogP contribution >= 0.6 is 0 Å². The Balaban J connectivity index is 2.35. The van der Waals surface area contributed by atoms with Crippen LogP contribution in [-0.4, -0.2) is 30.6 Å². The zero-order valence-electron chi connectivity index (χ0n) is 12.0. The van der Waals surface area contributed by atoms with E-state index < -0.39 is 23.9 Å². The van der Waals surface area contributed by atoms with Gasteiger partial charge in [0.1, 0.15) is 6.10 Å². The van der Waals surface area contributed by atoms with Crippen molar-refractivity contribution in [1.29, 1.82) is 0 Å². The van der Waals surface area contributed by atoms with Gasteiger partial charge < -0.3 is 9.64 Å². The van der Waals surface area contributed by atoms with Gasteiger partial charge in [-0.2, -0.15) is 13.2 Å². The summed E-state index contributed by atoms with van der Waals surface area (Å²) in [6.45, 7) is 2.07. The van der Waals surface area contributed by atoms with E-state index in [-0.39, 0.29) is 11.5 Å². The molecule has 0 aliphatic carbocycles. The van der Waals surface area contributed by atoms with Gasteiger partial charge in [-0.3, -0.25) is 4.79 Å². The van der Waals surface area contributed by atoms with Gasteiger partial charge in [-0.25, -0.2) is 0 Å². The molecule has 2 atom stereocenters. The molecule has 1 aromatic rings. The summed E-state index contributed by atoms with van der Waals surface area (Å²) >= 11 is 0. The third-order valence-corrected chi connectivity index (χ3v) is 3.86. The second-order valence-electron chi connectivity index (χ2n) is 5.15. The smallest absolute Gasteiger partial charge is 0.372 e. The number of carbonyl (C=O) groups is 1. The number of amides is 1. The van der Waals surface area contributed by atoms with Gasteiger partial charge in [0.2, 0.25) is 0 Å². The minimum atomic E-state index is -4.42. The van der Waals surface area contributed by atoms with Crippen molar-refractivity contribution in [1.82, 2.24) is 4.90 Å². The van der Waals surface area contributed by atoms with Gasteiger partial charge in [0.25, 0.3) is 5.91 Å². The molecule has 0 saturated carbocycles. The number of hydrogen-bond acceptors (Lipinski definition) is 2. The number of nitrogens with zero attached hydrogens (tertiary/aromatic N) is 1. The molecule has 1 amide bonds. The van der Waals surface area contributed by atoms with E-state index in [1.807, 2.05) is 0 Å². The third kappa shape index (κ3) is 3.20. The molecule has 6 heteroatoms. The number of methoxy groups -OCH3 is 1. The van der Waals surface area contributed by atoms with Gasteiger partial charge >= 0.3 is 6.18 Å². The molecule has 1 heterocycles. The van der Waals surface area contributed by atoms with Gasteiger partial charge in [0.15, 0.2) is 0 Å². The van der Waals surface area contributed by atoms with E-state index in [0.717, 1.165) is 6.07 Å². The number of halogens is 3. The van der Waals surface area contributed by atoms with Crippen molar-refractivity contribution in [2.75, 3.05) is 13.7 Å². The second-order valence-corrected chi connectivity index (χ2v) is 5.15. The molecule has 1 saturated heterocycles. The fourth-order valence-corrected chi connectivity index (χ4v) is 2.73. The molecule has 0 bridgehead atoms. The molecule has 0 N–H and O–H groups in total. The van der Waals surface area contributed by atoms with Crippen molar-refractivity contribution >= 4 is 5.91 Å². The number of likely N-dealkylation sites (tertiary alicyclic amines) is 1. The SMILES string of the molecule is CO[C@@H](C)C(=O)N1CCC[C@@H]1c1ccccc1C(F)(F)F. The van der Waals surface area contributed by atoms with Crippen LogP contribution in [0.25, 0.3) is 0 Å². The largest absolute Gasteiger partial charge is 0.416 e. The van der Waals surface area contributed by atoms with Crippen LogP contribution in [0.15, 0.2) is 24.3 Å². The summed E-state index contributed by atoms with van der Waals surface area (Å²) in [7, 11) is 1.41. The molecule has 0 spiro atoms. The maximum Gasteiger partial charge on any atom is 0.416 e. The Morgan fingerprint density at radius 3 is 2.67 bits per heavy atom. The zero-order valence-corrected chi connectivity index (χ0v) is 12.0. The summed E-state index contributed by atoms with van der Waals surface area (Å²) in [5.74, 6) is -0.267. The first-order valence-electron chi connectivity index (χ1n) is 6.85. The Morgan fingerprint density at radius 1 is 1.38 bits per heavy atom. The number of rotatable bonds is 3. The van der Waals surface area contributed by atoms with Crippen molar-refractivity contribution in [2.45, 2.75) is 38.1 Å². The first-order chi connectivity index (χ1) is 9.86. The van der Waals surface area contributed by atoms with E-state index >= 15 is 0 Å². The van der Waals surface area contributed by atoms with Crippen LogP contribution in [0, 0.1) is 0 Å². The predicted octanol–water partition coefficient (Wildman–Crippen LogP) is 3.40. The molecule has 0 unspecified atom stereocenters. The molecule has 2 rings (SSSR count). The Labute approximate surface area is 121 Å². The van der Waals surface area contributed by atoms with Crippen molar-refractivity contribution < 1.29 is 22.7 Å². The summed E-state index contributed by atoms with van der Waals surface area (Å²) < 4.78 is 44.4. The third-order valence-electron chi connectivity index (χ3n) is 3.86. The highest BCUT2D eigenvalue weighted by atomic mass is 19.4. The topological polar surface area (TPSA) is 29.5 Å². The first-order valence-corrected chi connectivity index (χ1v) is 6.85. The lowest BCUT2D eigenvalue weighted by Crippen LogP contribution is -2.38. The fourth-order valence-electron chi connectivity index (χ4n) is 2.73. The number of carbonyl (C=O) groups excluding carboxylic acids is 1. The van der Waals surface area contributed by atoms with Crippen LogP contribution in [-0.2, 0) is 15.7 Å². The van der Waals surface area contributed by atoms with Crippen molar-refractivity contribution in [3.8, 4) is 0 Å². The molecule has 0 radical (unpaired) electrons. The van der Waals surface area contributed by atoms with Gasteiger partial charge in [-0.05, 0) is 31.4 Å². The second kappa shape index (κ2) is 6.05. The van der Waals surface area contributed by atoms with Crippen molar-refractivity contribution in [3.63, 3.8) is 0 Å². The van der Waals surface area contributed by atoms with Gasteiger partial charge in [0, 0.05) is 13.7 Å². The maximum atomic E-state index is 13.1. The molecular weight excluding hydrogens is 283 g/mol. The summed E-state index contributed by atoms with van der Waals surface area (Å²) in [5.41, 5.74) is -0.501. The normalized spacial score (nSPS) is 20.6. The number of hydrogen-bond donors (Lipinski definition) is 0. The molecule has 1 aliphatic rings. The van der Waals surface area contributed by atoms with E-state index in [1.54, 1.807) is 13.0 Å². The summed E-state index contributed by atoms with van der Waals surface area (Å²) in [5, 5.41) is 0. The van der Waals surface area contributed by atoms with Gasteiger partial charge in [0.05, 0.1) is 11.6 Å². The maximum absolute atomic E-state index is 13.1. The predicted molar refractivity (Wildman–Crippen MR) is 71.6 cm³/mol. The summed E-state index contributed by atoms with van der Waals surface area (Å²) in [6, 6.07) is 4.93. The highest BCUT2D eigenvalue weighted by Crippen LogP contribution is 2.40. The van der Waals surface area contributed by atoms with Crippen LogP contribution in [0.3, 0.4) is 0 Å². The zero-order chi connectivity index (χ0) is 15.6. The van der Waals surface area contributed by atoms with E-state index in [4.69, 9.17) is 4.74 Å². The standard InChI is InChI=1S/C15H18F3NO2/c1-10(21-2)14(20)19-9-5-8-13(19)11-6-3-4-7-12(11)15(16,17)18/h3-4,6-7,10,13H,5,8-9H2,1-2H3/t10-,13+/m0/s1. The van der Waals surface area contributed by atoms with E-state index in [0.29, 0.717) is 19.4 Å². The molecular formula is C15H18F3NO2. The van der Waals surface area contributed by atoms with Crippen molar-refractivity contribution in [3.05, 3.63) is 35.4 Å². The first kappa shape index (κ1) is 15.8. The fraction of sp³-hybridized carbons (Fsp3) is 0.533. The Morgan fingerprint density at radius 2 is 2.05 bits per heavy atom. The Kier molecular flexibility index (Phi) is 4.56. The Bertz CT molecular complexity index is 516. The van der Waals surface area contributed by atoms with Crippen LogP contribution in [0.2, 0.25) is 0 Å². The number of benzene rings is 1. The monoisotopic (exact) mass is 301 g/mol. The lowest BCUT2D eigenvalue weighted by Gasteiger charge is -2.29. The molecule has 1 aliphatic heterocycles. The number of ether oxygens (including phenoxy) is 1.